The van der Waals surface area contributed by atoms with Crippen LogP contribution < -0.4 is 0 Å². The van der Waals surface area contributed by atoms with Crippen molar-refractivity contribution in [1.29, 1.82) is 0 Å². The van der Waals surface area contributed by atoms with Gasteiger partial charge in [0.25, 0.3) is 5.17 Å². The highest BCUT2D eigenvalue weighted by atomic mass is 32.2. The molecule has 2 aliphatic rings. The second-order valence-electron chi connectivity index (χ2n) is 7.42. The Morgan fingerprint density at radius 2 is 1.78 bits per heavy atom. The summed E-state index contributed by atoms with van der Waals surface area (Å²) < 4.78 is 1.28. The van der Waals surface area contributed by atoms with Gasteiger partial charge >= 0.3 is 17.8 Å². The molecule has 2 heterocycles. The molecule has 0 aliphatic carbocycles. The van der Waals surface area contributed by atoms with Crippen molar-refractivity contribution < 1.29 is 19.0 Å². The van der Waals surface area contributed by atoms with Gasteiger partial charge in [-0.1, -0.05) is 61.8 Å². The zero-order valence-corrected chi connectivity index (χ0v) is 16.8. The normalized spacial score (nSPS) is 17.1. The molecule has 0 fully saturated rings. The lowest BCUT2D eigenvalue weighted by molar-refractivity contribution is -0.401. The Morgan fingerprint density at radius 1 is 1.15 bits per heavy atom. The number of Topliss-reactive ketones (excluding diaryl/α,β-unsaturated/α-hetero) is 1. The van der Waals surface area contributed by atoms with Crippen molar-refractivity contribution in [2.24, 2.45) is 9.98 Å². The smallest absolute Gasteiger partial charge is 0.293 e. The van der Waals surface area contributed by atoms with E-state index in [9.17, 15) is 14.4 Å². The fourth-order valence-corrected chi connectivity index (χ4v) is 3.42. The molecule has 0 atom stereocenters. The number of imide groups is 1. The summed E-state index contributed by atoms with van der Waals surface area (Å²) in [4.78, 5) is 46.0. The second-order valence-corrected chi connectivity index (χ2v) is 8.37. The van der Waals surface area contributed by atoms with Gasteiger partial charge in [-0.05, 0) is 11.0 Å². The first kappa shape index (κ1) is 19.2. The number of carbonyl (C=O) groups excluding carboxylic acids is 3. The number of hydrogen-bond acceptors (Lipinski definition) is 6. The Hall–Kier alpha value is -2.61. The van der Waals surface area contributed by atoms with E-state index < -0.39 is 11.9 Å². The van der Waals surface area contributed by atoms with Crippen LogP contribution in [-0.4, -0.2) is 63.8 Å². The van der Waals surface area contributed by atoms with Crippen LogP contribution in [0.4, 0.5) is 4.79 Å². The van der Waals surface area contributed by atoms with Crippen molar-refractivity contribution in [2.45, 2.75) is 26.2 Å². The van der Waals surface area contributed by atoms with Crippen molar-refractivity contribution in [1.82, 2.24) is 4.90 Å². The van der Waals surface area contributed by atoms with E-state index in [0.29, 0.717) is 10.7 Å². The Bertz CT molecular complexity index is 937. The fourth-order valence-electron chi connectivity index (χ4n) is 2.69. The molecular formula is C19H21N4O3S+. The van der Waals surface area contributed by atoms with Crippen LogP contribution in [0.5, 0.6) is 0 Å². The molecule has 8 heteroatoms. The van der Waals surface area contributed by atoms with Crippen molar-refractivity contribution >= 4 is 46.2 Å². The number of hydrogen-bond donors (Lipinski definition) is 0. The standard InChI is InChI=1S/C19H21N4O3S/c1-19(2,3)12-8-6-11(7-9-12)13(24)10-27-17-20-14-15(21-17)22(4)18(26)23(5)16(14)25/h6-9H,10H2,1-5H3/q+1. The molecule has 0 aromatic heterocycles. The van der Waals surface area contributed by atoms with Crippen molar-refractivity contribution in [3.05, 3.63) is 35.4 Å². The number of amides is 3. The van der Waals surface area contributed by atoms with Gasteiger partial charge in [-0.15, -0.1) is 0 Å². The van der Waals surface area contributed by atoms with Gasteiger partial charge in [0.2, 0.25) is 5.71 Å². The number of thioether (sulfide) groups is 1. The van der Waals surface area contributed by atoms with E-state index in [1.54, 1.807) is 0 Å². The highest BCUT2D eigenvalue weighted by Crippen LogP contribution is 2.23. The number of urea groups is 1. The van der Waals surface area contributed by atoms with Gasteiger partial charge in [0.15, 0.2) is 5.78 Å². The summed E-state index contributed by atoms with van der Waals surface area (Å²) in [6.07, 6.45) is 0. The maximum absolute atomic E-state index is 12.4. The van der Waals surface area contributed by atoms with E-state index in [4.69, 9.17) is 0 Å². The van der Waals surface area contributed by atoms with E-state index in [1.807, 2.05) is 24.3 Å². The van der Waals surface area contributed by atoms with Crippen LogP contribution in [0.3, 0.4) is 0 Å². The first-order chi connectivity index (χ1) is 12.6. The summed E-state index contributed by atoms with van der Waals surface area (Å²) in [7, 11) is 2.94. The number of rotatable bonds is 3. The topological polar surface area (TPSA) is 82.2 Å². The van der Waals surface area contributed by atoms with Crippen molar-refractivity contribution in [3.8, 4) is 0 Å². The highest BCUT2D eigenvalue weighted by Gasteiger charge is 2.44. The Balaban J connectivity index is 1.71. The molecule has 0 unspecified atom stereocenters. The van der Waals surface area contributed by atoms with Crippen LogP contribution in [0.1, 0.15) is 36.7 Å². The molecule has 0 N–H and O–H groups in total. The van der Waals surface area contributed by atoms with Crippen LogP contribution in [-0.2, 0) is 10.2 Å². The third-order valence-electron chi connectivity index (χ3n) is 4.42. The van der Waals surface area contributed by atoms with E-state index in [1.165, 1.54) is 18.7 Å². The minimum Gasteiger partial charge on any atom is -0.293 e. The lowest BCUT2D eigenvalue weighted by Crippen LogP contribution is -2.51. The number of carbonyl (C=O) groups is 3. The second kappa shape index (κ2) is 6.84. The van der Waals surface area contributed by atoms with Gasteiger partial charge in [-0.3, -0.25) is 4.79 Å². The SMILES string of the molecule is CN1C(=O)C2=NC(SCC(=O)c3ccc(C(C)(C)C)cc3)=NC2=[N+](C)C1=O. The fraction of sp³-hybridized carbons (Fsp3) is 0.368. The summed E-state index contributed by atoms with van der Waals surface area (Å²) in [5, 5.41) is 0.308. The first-order valence-corrected chi connectivity index (χ1v) is 9.45. The molecule has 2 aliphatic heterocycles. The van der Waals surface area contributed by atoms with Gasteiger partial charge in [0, 0.05) is 5.56 Å². The highest BCUT2D eigenvalue weighted by molar-refractivity contribution is 8.14. The number of ketones is 1. The molecule has 1 aromatic rings. The van der Waals surface area contributed by atoms with E-state index in [0.717, 1.165) is 22.2 Å². The van der Waals surface area contributed by atoms with Crippen LogP contribution in [0.15, 0.2) is 34.3 Å². The largest absolute Gasteiger partial charge is 0.446 e. The molecule has 3 rings (SSSR count). The summed E-state index contributed by atoms with van der Waals surface area (Å²) >= 11 is 1.15. The zero-order chi connectivity index (χ0) is 19.9. The molecule has 0 spiro atoms. The summed E-state index contributed by atoms with van der Waals surface area (Å²) in [5.41, 5.74) is 1.94. The molecule has 0 radical (unpaired) electrons. The quantitative estimate of drug-likeness (QED) is 0.591. The third-order valence-corrected chi connectivity index (χ3v) is 5.27. The van der Waals surface area contributed by atoms with E-state index >= 15 is 0 Å². The number of benzene rings is 1. The molecule has 0 saturated carbocycles. The predicted molar refractivity (Wildman–Crippen MR) is 106 cm³/mol. The van der Waals surface area contributed by atoms with Gasteiger partial charge in [0.1, 0.15) is 0 Å². The van der Waals surface area contributed by atoms with Crippen molar-refractivity contribution in [3.63, 3.8) is 0 Å². The summed E-state index contributed by atoms with van der Waals surface area (Å²) in [5.74, 6) is -0.153. The minimum absolute atomic E-state index is 0.0295. The monoisotopic (exact) mass is 385 g/mol. The number of fused-ring (bicyclic) bond motifs is 1. The number of nitrogens with zero attached hydrogens (tertiary/aromatic N) is 4. The molecule has 3 amide bonds. The maximum Gasteiger partial charge on any atom is 0.446 e. The van der Waals surface area contributed by atoms with Gasteiger partial charge in [-0.25, -0.2) is 9.59 Å². The maximum atomic E-state index is 12.4. The molecule has 27 heavy (non-hydrogen) atoms. The average Bonchev–Trinajstić information content (AvgIpc) is 3.06. The van der Waals surface area contributed by atoms with Gasteiger partial charge in [-0.2, -0.15) is 14.5 Å². The third kappa shape index (κ3) is 3.62. The Morgan fingerprint density at radius 3 is 2.37 bits per heavy atom. The zero-order valence-electron chi connectivity index (χ0n) is 15.9. The molecule has 0 bridgehead atoms. The lowest BCUT2D eigenvalue weighted by Gasteiger charge is -2.18. The Labute approximate surface area is 161 Å². The Kier molecular flexibility index (Phi) is 4.86. The molecule has 1 aromatic carbocycles. The van der Waals surface area contributed by atoms with Gasteiger partial charge in [0.05, 0.1) is 19.8 Å². The number of amidine groups is 2. The number of aliphatic imine (C=N–C) groups is 2. The molecule has 7 nitrogen and oxygen atoms in total. The summed E-state index contributed by atoms with van der Waals surface area (Å²) in [6, 6.07) is 7.12. The minimum atomic E-state index is -0.489. The summed E-state index contributed by atoms with van der Waals surface area (Å²) in [6.45, 7) is 6.36. The van der Waals surface area contributed by atoms with Crippen LogP contribution >= 0.6 is 11.8 Å². The average molecular weight is 385 g/mol. The van der Waals surface area contributed by atoms with E-state index in [2.05, 4.69) is 30.8 Å². The van der Waals surface area contributed by atoms with Crippen LogP contribution in [0.25, 0.3) is 0 Å². The van der Waals surface area contributed by atoms with Crippen molar-refractivity contribution in [2.75, 3.05) is 19.8 Å². The molecule has 0 saturated heterocycles. The van der Waals surface area contributed by atoms with Crippen LogP contribution in [0.2, 0.25) is 0 Å². The molecular weight excluding hydrogens is 364 g/mol. The van der Waals surface area contributed by atoms with Crippen LogP contribution in [0, 0.1) is 0 Å². The van der Waals surface area contributed by atoms with E-state index in [-0.39, 0.29) is 28.5 Å². The lowest BCUT2D eigenvalue weighted by atomic mass is 9.86. The molecule has 140 valence electrons. The predicted octanol–water partition coefficient (Wildman–Crippen LogP) is 2.34. The van der Waals surface area contributed by atoms with Gasteiger partial charge < -0.3 is 0 Å². The first-order valence-electron chi connectivity index (χ1n) is 8.46.